The fraction of sp³-hybridized carbons (Fsp3) is 0.0741. The number of hydrogen-bond donors (Lipinski definition) is 0. The van der Waals surface area contributed by atoms with Gasteiger partial charge in [-0.3, -0.25) is 0 Å². The number of fused-ring (bicyclic) bond motifs is 12. The first-order chi connectivity index (χ1) is 27.8. The van der Waals surface area contributed by atoms with Crippen molar-refractivity contribution in [1.82, 2.24) is 0 Å². The van der Waals surface area contributed by atoms with Crippen molar-refractivity contribution in [2.24, 2.45) is 0 Å². The maximum atomic E-state index is 3.39. The number of benzene rings is 8. The van der Waals surface area contributed by atoms with Gasteiger partial charge in [0.05, 0.1) is 0 Å². The molecule has 0 fully saturated rings. The molecule has 0 bridgehead atoms. The molecule has 0 spiro atoms. The van der Waals surface area contributed by atoms with Gasteiger partial charge in [0.25, 0.3) is 0 Å². The van der Waals surface area contributed by atoms with E-state index in [1.54, 1.807) is 0 Å². The molecule has 0 aliphatic heterocycles. The molecule has 0 N–H and O–H groups in total. The Hall–Kier alpha value is -4.18. The first kappa shape index (κ1) is 44.9. The average molecular weight is 1120 g/mol. The van der Waals surface area contributed by atoms with E-state index in [-0.39, 0.29) is 24.8 Å². The van der Waals surface area contributed by atoms with Crippen molar-refractivity contribution in [1.29, 1.82) is 0 Å². The fourth-order valence-corrected chi connectivity index (χ4v) is 7.99. The van der Waals surface area contributed by atoms with Crippen LogP contribution in [0.2, 0.25) is 0 Å². The van der Waals surface area contributed by atoms with Crippen molar-refractivity contribution in [3.63, 3.8) is 0 Å². The fourth-order valence-electron chi connectivity index (χ4n) is 7.99. The van der Waals surface area contributed by atoms with Crippen molar-refractivity contribution in [2.45, 2.75) is 25.7 Å². The van der Waals surface area contributed by atoms with Gasteiger partial charge < -0.3 is 0 Å². The standard InChI is InChI=1S/4C13H9.2CH2.2ClH.2Hf/c4*1-3-7-12-10(5-1)9-11-6-2-4-8-13(11)12;;;;;;/h4*1-5,7-8H,9H2;2*1H2;2*1H;;/q4*-1;;;;;2*+2. The maximum Gasteiger partial charge on any atom is -0.0253 e. The third-order valence-corrected chi connectivity index (χ3v) is 10.5. The predicted molar refractivity (Wildman–Crippen MR) is 243 cm³/mol. The van der Waals surface area contributed by atoms with E-state index in [2.05, 4.69) is 178 Å². The van der Waals surface area contributed by atoms with E-state index >= 15 is 0 Å². The zero-order valence-corrected chi connectivity index (χ0v) is 41.0. The van der Waals surface area contributed by atoms with Crippen molar-refractivity contribution in [3.8, 4) is 44.5 Å². The quantitative estimate of drug-likeness (QED) is 0.105. The molecule has 4 heteroatoms. The smallest absolute Gasteiger partial charge is 0.0253 e. The molecular formula is C54H42Cl2Hf2. The Bertz CT molecular complexity index is 2060. The van der Waals surface area contributed by atoms with Crippen molar-refractivity contribution < 1.29 is 47.8 Å². The zero-order valence-electron chi connectivity index (χ0n) is 32.2. The molecule has 8 aromatic carbocycles. The molecule has 0 aromatic heterocycles. The minimum Gasteiger partial charge on any atom is -0.179 e. The summed E-state index contributed by atoms with van der Waals surface area (Å²) in [5.41, 5.74) is 22.0. The number of halogens is 2. The Labute approximate surface area is 386 Å². The Kier molecular flexibility index (Phi) is 17.2. The molecule has 0 saturated heterocycles. The van der Waals surface area contributed by atoms with Crippen LogP contribution in [0.3, 0.4) is 0 Å². The number of hydrogen-bond acceptors (Lipinski definition) is 0. The molecule has 0 saturated carbocycles. The molecule has 4 aliphatic rings. The second kappa shape index (κ2) is 22.3. The van der Waals surface area contributed by atoms with E-state index in [9.17, 15) is 0 Å². The van der Waals surface area contributed by atoms with Crippen LogP contribution < -0.4 is 0 Å². The van der Waals surface area contributed by atoms with E-state index < -0.39 is 0 Å². The largest absolute Gasteiger partial charge is 0.179 e. The summed E-state index contributed by atoms with van der Waals surface area (Å²) in [7, 11) is 0. The van der Waals surface area contributed by atoms with E-state index in [4.69, 9.17) is 0 Å². The summed E-state index contributed by atoms with van der Waals surface area (Å²) < 4.78 is 6.78. The average Bonchev–Trinajstić information content (AvgIpc) is 4.06. The van der Waals surface area contributed by atoms with Crippen LogP contribution >= 0.6 is 24.8 Å². The van der Waals surface area contributed by atoms with Gasteiger partial charge in [0, 0.05) is 0 Å². The molecule has 280 valence electrons. The van der Waals surface area contributed by atoms with Crippen LogP contribution in [-0.4, -0.2) is 8.52 Å². The van der Waals surface area contributed by atoms with Gasteiger partial charge in [0.1, 0.15) is 0 Å². The molecule has 0 heterocycles. The predicted octanol–water partition coefficient (Wildman–Crippen LogP) is 13.0. The molecule has 0 nitrogen and oxygen atoms in total. The topological polar surface area (TPSA) is 0 Å². The molecule has 0 amide bonds. The Morgan fingerprint density at radius 2 is 0.466 bits per heavy atom. The van der Waals surface area contributed by atoms with Crippen LogP contribution in [0.1, 0.15) is 44.5 Å². The zero-order chi connectivity index (χ0) is 38.7. The molecule has 0 radical (unpaired) electrons. The second-order valence-corrected chi connectivity index (χ2v) is 13.6. The van der Waals surface area contributed by atoms with Crippen molar-refractivity contribution in [3.05, 3.63) is 239 Å². The summed E-state index contributed by atoms with van der Waals surface area (Å²) in [6, 6.07) is 72.4. The summed E-state index contributed by atoms with van der Waals surface area (Å²) in [6.45, 7) is 0. The molecular weight excluding hydrogens is 1080 g/mol. The van der Waals surface area contributed by atoms with Gasteiger partial charge in [-0.25, -0.2) is 0 Å². The van der Waals surface area contributed by atoms with Crippen LogP contribution in [0.15, 0.2) is 170 Å². The minimum atomic E-state index is 0. The van der Waals surface area contributed by atoms with Gasteiger partial charge in [-0.2, -0.15) is 119 Å². The molecule has 0 atom stereocenters. The summed E-state index contributed by atoms with van der Waals surface area (Å²) in [4.78, 5) is 0. The first-order valence-electron chi connectivity index (χ1n) is 18.8. The van der Waals surface area contributed by atoms with Gasteiger partial charge >= 0.3 is 56.3 Å². The van der Waals surface area contributed by atoms with E-state index in [0.29, 0.717) is 0 Å². The molecule has 8 aromatic rings. The SMILES string of the molecule is Cl.Cl.[CH2]=[Hf+2].[CH2]=[Hf+2].[c-]1cccc2c1Cc1ccccc1-2.[c-]1cccc2c1Cc1ccccc1-2.[c-]1cccc2c1Cc1ccccc1-2.[c-]1cccc2c1Cc1ccccc1-2. The molecule has 12 rings (SSSR count). The van der Waals surface area contributed by atoms with Crippen LogP contribution in [0.25, 0.3) is 44.5 Å². The van der Waals surface area contributed by atoms with Gasteiger partial charge in [-0.1, -0.05) is 142 Å². The van der Waals surface area contributed by atoms with Gasteiger partial charge in [-0.05, 0) is 25.7 Å². The Balaban J connectivity index is 0.000000141. The summed E-state index contributed by atoms with van der Waals surface area (Å²) >= 11 is 2.11. The van der Waals surface area contributed by atoms with E-state index in [1.165, 1.54) is 89.0 Å². The van der Waals surface area contributed by atoms with Crippen molar-refractivity contribution >= 4 is 33.3 Å². The summed E-state index contributed by atoms with van der Waals surface area (Å²) in [6.07, 6.45) is 4.19. The van der Waals surface area contributed by atoms with Crippen LogP contribution in [-0.2, 0) is 73.5 Å². The van der Waals surface area contributed by atoms with Gasteiger partial charge in [0.2, 0.25) is 0 Å². The Morgan fingerprint density at radius 3 is 0.690 bits per heavy atom. The van der Waals surface area contributed by atoms with Crippen LogP contribution in [0, 0.1) is 24.3 Å². The monoisotopic (exact) mass is 1120 g/mol. The van der Waals surface area contributed by atoms with Gasteiger partial charge in [-0.15, -0.1) is 47.1 Å². The van der Waals surface area contributed by atoms with E-state index in [1.807, 2.05) is 24.3 Å². The normalized spacial score (nSPS) is 11.2. The molecule has 4 aliphatic carbocycles. The Morgan fingerprint density at radius 1 is 0.276 bits per heavy atom. The van der Waals surface area contributed by atoms with E-state index in [0.717, 1.165) is 73.5 Å². The first-order valence-corrected chi connectivity index (χ1v) is 23.9. The molecule has 0 unspecified atom stereocenters. The minimum absolute atomic E-state index is 0. The summed E-state index contributed by atoms with van der Waals surface area (Å²) in [5, 5.41) is 0. The van der Waals surface area contributed by atoms with Crippen LogP contribution in [0.4, 0.5) is 0 Å². The molecule has 58 heavy (non-hydrogen) atoms. The second-order valence-electron chi connectivity index (χ2n) is 13.6. The van der Waals surface area contributed by atoms with Gasteiger partial charge in [0.15, 0.2) is 0 Å². The maximum absolute atomic E-state index is 3.39. The third-order valence-electron chi connectivity index (χ3n) is 10.5. The summed E-state index contributed by atoms with van der Waals surface area (Å²) in [5.74, 6) is 0. The van der Waals surface area contributed by atoms with Crippen molar-refractivity contribution in [2.75, 3.05) is 0 Å². The third kappa shape index (κ3) is 9.98. The van der Waals surface area contributed by atoms with Crippen LogP contribution in [0.5, 0.6) is 0 Å². The number of rotatable bonds is 0.